The molecule has 0 spiro atoms. The van der Waals surface area contributed by atoms with Gasteiger partial charge in [0.25, 0.3) is 0 Å². The summed E-state index contributed by atoms with van der Waals surface area (Å²) in [5.74, 6) is 0.738. The second kappa shape index (κ2) is 6.98. The molecule has 8 heteroatoms. The summed E-state index contributed by atoms with van der Waals surface area (Å²) in [6.45, 7) is 0. The smallest absolute Gasteiger partial charge is 0.312 e. The highest BCUT2D eigenvalue weighted by atomic mass is 32.2. The molecule has 0 saturated carbocycles. The van der Waals surface area contributed by atoms with Gasteiger partial charge in [-0.1, -0.05) is 12.1 Å². The van der Waals surface area contributed by atoms with Gasteiger partial charge in [-0.05, 0) is 30.6 Å². The SMILES string of the molecule is CSCCC(NC(N)=O)C(=O)Nc1nc2ccccc2[nH]1. The van der Waals surface area contributed by atoms with E-state index in [9.17, 15) is 9.59 Å². The molecule has 2 rings (SSSR count). The highest BCUT2D eigenvalue weighted by Gasteiger charge is 2.20. The molecule has 21 heavy (non-hydrogen) atoms. The van der Waals surface area contributed by atoms with E-state index in [-0.39, 0.29) is 5.91 Å². The van der Waals surface area contributed by atoms with E-state index in [0.29, 0.717) is 12.4 Å². The van der Waals surface area contributed by atoms with Crippen LogP contribution >= 0.6 is 11.8 Å². The van der Waals surface area contributed by atoms with E-state index in [1.165, 1.54) is 0 Å². The molecule has 5 N–H and O–H groups in total. The van der Waals surface area contributed by atoms with Crippen molar-refractivity contribution in [1.29, 1.82) is 0 Å². The molecule has 7 nitrogen and oxygen atoms in total. The van der Waals surface area contributed by atoms with Gasteiger partial charge in [-0.15, -0.1) is 0 Å². The van der Waals surface area contributed by atoms with Crippen molar-refractivity contribution < 1.29 is 9.59 Å². The number of hydrogen-bond acceptors (Lipinski definition) is 4. The van der Waals surface area contributed by atoms with Crippen LogP contribution in [0.4, 0.5) is 10.7 Å². The number of anilines is 1. The second-order valence-electron chi connectivity index (χ2n) is 4.43. The molecule has 1 aromatic carbocycles. The van der Waals surface area contributed by atoms with Crippen LogP contribution in [0.1, 0.15) is 6.42 Å². The maximum Gasteiger partial charge on any atom is 0.312 e. The number of para-hydroxylation sites is 2. The van der Waals surface area contributed by atoms with Gasteiger partial charge < -0.3 is 16.0 Å². The minimum absolute atomic E-state index is 0.345. The van der Waals surface area contributed by atoms with Gasteiger partial charge in [0.05, 0.1) is 11.0 Å². The number of primary amides is 1. The lowest BCUT2D eigenvalue weighted by molar-refractivity contribution is -0.118. The van der Waals surface area contributed by atoms with Crippen molar-refractivity contribution >= 4 is 40.7 Å². The number of nitrogens with one attached hydrogen (secondary N) is 3. The molecule has 2 aromatic rings. The Labute approximate surface area is 126 Å². The number of aromatic nitrogens is 2. The standard InChI is InChI=1S/C13H17N5O2S/c1-21-7-6-10(15-12(14)20)11(19)18-13-16-8-4-2-3-5-9(8)17-13/h2-5,10H,6-7H2,1H3,(H3,14,15,20)(H2,16,17,18,19). The van der Waals surface area contributed by atoms with E-state index in [1.807, 2.05) is 30.5 Å². The minimum atomic E-state index is -0.721. The minimum Gasteiger partial charge on any atom is -0.352 e. The lowest BCUT2D eigenvalue weighted by atomic mass is 10.2. The lowest BCUT2D eigenvalue weighted by Gasteiger charge is -2.15. The first-order chi connectivity index (χ1) is 10.1. The van der Waals surface area contributed by atoms with E-state index < -0.39 is 12.1 Å². The van der Waals surface area contributed by atoms with Gasteiger partial charge >= 0.3 is 6.03 Å². The number of carbonyl (C=O) groups is 2. The first-order valence-corrected chi connectivity index (χ1v) is 7.80. The Morgan fingerprint density at radius 3 is 2.86 bits per heavy atom. The van der Waals surface area contributed by atoms with Crippen LogP contribution in [0.15, 0.2) is 24.3 Å². The van der Waals surface area contributed by atoms with E-state index in [0.717, 1.165) is 16.8 Å². The van der Waals surface area contributed by atoms with Gasteiger partial charge in [0.2, 0.25) is 11.9 Å². The summed E-state index contributed by atoms with van der Waals surface area (Å²) in [6, 6.07) is 6.05. The fourth-order valence-corrected chi connectivity index (χ4v) is 2.36. The molecule has 1 aromatic heterocycles. The van der Waals surface area contributed by atoms with Crippen LogP contribution in [0.25, 0.3) is 11.0 Å². The molecule has 0 aliphatic heterocycles. The van der Waals surface area contributed by atoms with Gasteiger partial charge in [0.1, 0.15) is 6.04 Å². The van der Waals surface area contributed by atoms with Crippen molar-refractivity contribution in [2.75, 3.05) is 17.3 Å². The number of nitrogens with zero attached hydrogens (tertiary/aromatic N) is 1. The fraction of sp³-hybridized carbons (Fsp3) is 0.308. The third-order valence-corrected chi connectivity index (χ3v) is 3.52. The van der Waals surface area contributed by atoms with Gasteiger partial charge in [-0.2, -0.15) is 11.8 Å². The average Bonchev–Trinajstić information content (AvgIpc) is 2.85. The molecule has 1 heterocycles. The third-order valence-electron chi connectivity index (χ3n) is 2.87. The molecular weight excluding hydrogens is 290 g/mol. The van der Waals surface area contributed by atoms with E-state index in [2.05, 4.69) is 20.6 Å². The molecule has 112 valence electrons. The number of imidazole rings is 1. The zero-order valence-electron chi connectivity index (χ0n) is 11.6. The maximum atomic E-state index is 12.2. The normalized spacial score (nSPS) is 12.0. The highest BCUT2D eigenvalue weighted by Crippen LogP contribution is 2.13. The zero-order chi connectivity index (χ0) is 15.2. The number of nitrogens with two attached hydrogens (primary N) is 1. The Balaban J connectivity index is 2.07. The number of aromatic amines is 1. The van der Waals surface area contributed by atoms with Crippen molar-refractivity contribution in [2.24, 2.45) is 5.73 Å². The first kappa shape index (κ1) is 15.2. The quantitative estimate of drug-likeness (QED) is 0.644. The van der Waals surface area contributed by atoms with Crippen LogP contribution in [0, 0.1) is 0 Å². The van der Waals surface area contributed by atoms with Crippen molar-refractivity contribution in [2.45, 2.75) is 12.5 Å². The third kappa shape index (κ3) is 4.12. The number of carbonyl (C=O) groups excluding carboxylic acids is 2. The van der Waals surface area contributed by atoms with Gasteiger partial charge in [0.15, 0.2) is 0 Å². The second-order valence-corrected chi connectivity index (χ2v) is 5.42. The topological polar surface area (TPSA) is 113 Å². The fourth-order valence-electron chi connectivity index (χ4n) is 1.89. The van der Waals surface area contributed by atoms with Crippen molar-refractivity contribution in [3.8, 4) is 0 Å². The van der Waals surface area contributed by atoms with Crippen LogP contribution < -0.4 is 16.4 Å². The predicted octanol–water partition coefficient (Wildman–Crippen LogP) is 1.29. The molecule has 1 unspecified atom stereocenters. The molecule has 0 radical (unpaired) electrons. The molecular formula is C13H17N5O2S. The number of H-pyrrole nitrogens is 1. The Morgan fingerprint density at radius 2 is 2.19 bits per heavy atom. The zero-order valence-corrected chi connectivity index (χ0v) is 12.4. The number of urea groups is 1. The van der Waals surface area contributed by atoms with Crippen LogP contribution in [0.5, 0.6) is 0 Å². The largest absolute Gasteiger partial charge is 0.352 e. The highest BCUT2D eigenvalue weighted by molar-refractivity contribution is 7.98. The number of hydrogen-bond donors (Lipinski definition) is 4. The molecule has 0 bridgehead atoms. The van der Waals surface area contributed by atoms with Gasteiger partial charge in [-0.25, -0.2) is 9.78 Å². The molecule has 0 saturated heterocycles. The maximum absolute atomic E-state index is 12.2. The van der Waals surface area contributed by atoms with Gasteiger partial charge in [0, 0.05) is 0 Å². The van der Waals surface area contributed by atoms with E-state index in [1.54, 1.807) is 11.8 Å². The number of fused-ring (bicyclic) bond motifs is 1. The summed E-state index contributed by atoms with van der Waals surface area (Å²) in [5, 5.41) is 5.10. The molecule has 0 aliphatic rings. The Hall–Kier alpha value is -2.22. The predicted molar refractivity (Wildman–Crippen MR) is 84.2 cm³/mol. The van der Waals surface area contributed by atoms with Crippen LogP contribution in [-0.2, 0) is 4.79 Å². The summed E-state index contributed by atoms with van der Waals surface area (Å²) >= 11 is 1.59. The Kier molecular flexibility index (Phi) is 5.04. The Bertz CT molecular complexity index is 609. The first-order valence-electron chi connectivity index (χ1n) is 6.40. The lowest BCUT2D eigenvalue weighted by Crippen LogP contribution is -2.46. The summed E-state index contributed by atoms with van der Waals surface area (Å²) in [6.07, 6.45) is 2.43. The number of thioether (sulfide) groups is 1. The molecule has 0 fully saturated rings. The van der Waals surface area contributed by atoms with Crippen LogP contribution in [0.3, 0.4) is 0 Å². The number of benzene rings is 1. The summed E-state index contributed by atoms with van der Waals surface area (Å²) in [5.41, 5.74) is 6.69. The summed E-state index contributed by atoms with van der Waals surface area (Å²) < 4.78 is 0. The van der Waals surface area contributed by atoms with Crippen molar-refractivity contribution in [3.63, 3.8) is 0 Å². The monoisotopic (exact) mass is 307 g/mol. The summed E-state index contributed by atoms with van der Waals surface area (Å²) in [7, 11) is 0. The van der Waals surface area contributed by atoms with Crippen molar-refractivity contribution in [1.82, 2.24) is 15.3 Å². The molecule has 3 amide bonds. The summed E-state index contributed by atoms with van der Waals surface area (Å²) in [4.78, 5) is 30.4. The van der Waals surface area contributed by atoms with Gasteiger partial charge in [-0.3, -0.25) is 10.1 Å². The van der Waals surface area contributed by atoms with Crippen LogP contribution in [-0.4, -0.2) is 40.0 Å². The Morgan fingerprint density at radius 1 is 1.43 bits per heavy atom. The van der Waals surface area contributed by atoms with Crippen molar-refractivity contribution in [3.05, 3.63) is 24.3 Å². The molecule has 0 aliphatic carbocycles. The number of amides is 3. The molecule has 1 atom stereocenters. The average molecular weight is 307 g/mol. The van der Waals surface area contributed by atoms with E-state index in [4.69, 9.17) is 5.73 Å². The van der Waals surface area contributed by atoms with Crippen LogP contribution in [0.2, 0.25) is 0 Å². The number of rotatable bonds is 6. The van der Waals surface area contributed by atoms with E-state index >= 15 is 0 Å².